The third-order valence-corrected chi connectivity index (χ3v) is 6.52. The number of halogens is 1. The number of nitrogens with one attached hydrogen (secondary N) is 1. The highest BCUT2D eigenvalue weighted by atomic mass is 35.5. The first-order chi connectivity index (χ1) is 14.5. The summed E-state index contributed by atoms with van der Waals surface area (Å²) in [6, 6.07) is 15.1. The van der Waals surface area contributed by atoms with E-state index in [-0.39, 0.29) is 0 Å². The van der Waals surface area contributed by atoms with Crippen molar-refractivity contribution < 1.29 is 0 Å². The number of benzene rings is 2. The van der Waals surface area contributed by atoms with Crippen LogP contribution in [-0.2, 0) is 13.0 Å². The van der Waals surface area contributed by atoms with Crippen LogP contribution >= 0.6 is 23.8 Å². The van der Waals surface area contributed by atoms with Crippen LogP contribution in [0.3, 0.4) is 0 Å². The van der Waals surface area contributed by atoms with Crippen LogP contribution in [0.2, 0.25) is 5.02 Å². The highest BCUT2D eigenvalue weighted by molar-refractivity contribution is 7.80. The number of rotatable bonds is 8. The molecule has 1 aliphatic rings. The Morgan fingerprint density at radius 2 is 2.07 bits per heavy atom. The Hall–Kier alpha value is -1.78. The number of hydrogen-bond donors (Lipinski definition) is 1. The summed E-state index contributed by atoms with van der Waals surface area (Å²) >= 11 is 11.9. The summed E-state index contributed by atoms with van der Waals surface area (Å²) in [6.07, 6.45) is 5.94. The Morgan fingerprint density at radius 3 is 2.80 bits per heavy atom. The zero-order valence-corrected chi connectivity index (χ0v) is 20.0. The Balaban J connectivity index is 1.75. The first-order valence-electron chi connectivity index (χ1n) is 11.2. The van der Waals surface area contributed by atoms with Gasteiger partial charge in [-0.15, -0.1) is 0 Å². The lowest BCUT2D eigenvalue weighted by Crippen LogP contribution is -2.40. The highest BCUT2D eigenvalue weighted by Crippen LogP contribution is 2.29. The summed E-state index contributed by atoms with van der Waals surface area (Å²) < 4.78 is 0. The third kappa shape index (κ3) is 5.89. The van der Waals surface area contributed by atoms with Gasteiger partial charge in [-0.3, -0.25) is 0 Å². The van der Waals surface area contributed by atoms with Crippen molar-refractivity contribution in [3.63, 3.8) is 0 Å². The lowest BCUT2D eigenvalue weighted by atomic mass is 9.98. The molecule has 3 rings (SSSR count). The summed E-state index contributed by atoms with van der Waals surface area (Å²) in [4.78, 5) is 4.85. The number of hydrogen-bond acceptors (Lipinski definition) is 2. The van der Waals surface area contributed by atoms with Crippen molar-refractivity contribution in [3.8, 4) is 0 Å². The van der Waals surface area contributed by atoms with Crippen LogP contribution in [-0.4, -0.2) is 29.1 Å². The van der Waals surface area contributed by atoms with E-state index in [0.29, 0.717) is 11.1 Å². The van der Waals surface area contributed by atoms with Gasteiger partial charge in [0.1, 0.15) is 0 Å². The Kier molecular flexibility index (Phi) is 8.41. The molecule has 0 aromatic heterocycles. The maximum atomic E-state index is 6.14. The van der Waals surface area contributed by atoms with Crippen LogP contribution in [0, 0.1) is 0 Å². The molecule has 5 heteroatoms. The molecule has 0 radical (unpaired) electrons. The molecule has 0 fully saturated rings. The second-order valence-corrected chi connectivity index (χ2v) is 9.06. The fourth-order valence-corrected chi connectivity index (χ4v) is 4.57. The van der Waals surface area contributed by atoms with Gasteiger partial charge in [-0.25, -0.2) is 0 Å². The van der Waals surface area contributed by atoms with Crippen molar-refractivity contribution in [1.29, 1.82) is 0 Å². The normalized spacial score (nSPS) is 14.2. The predicted molar refractivity (Wildman–Crippen MR) is 135 cm³/mol. The minimum Gasteiger partial charge on any atom is -0.371 e. The molecule has 0 amide bonds. The molecular weight excluding hydrogens is 410 g/mol. The van der Waals surface area contributed by atoms with E-state index in [2.05, 4.69) is 54.1 Å². The van der Waals surface area contributed by atoms with Crippen molar-refractivity contribution in [2.75, 3.05) is 23.3 Å². The number of thiocarbonyl (C=S) groups is 1. The smallest absolute Gasteiger partial charge is 0.173 e. The first kappa shape index (κ1) is 22.9. The van der Waals surface area contributed by atoms with Crippen LogP contribution in [0.5, 0.6) is 0 Å². The van der Waals surface area contributed by atoms with Crippen LogP contribution in [0.15, 0.2) is 42.5 Å². The van der Waals surface area contributed by atoms with Gasteiger partial charge < -0.3 is 15.1 Å². The van der Waals surface area contributed by atoms with Crippen molar-refractivity contribution in [1.82, 2.24) is 4.90 Å². The number of fused-ring (bicyclic) bond motifs is 1. The number of nitrogens with zero attached hydrogens (tertiary/aromatic N) is 2. The zero-order chi connectivity index (χ0) is 21.5. The maximum absolute atomic E-state index is 6.14. The summed E-state index contributed by atoms with van der Waals surface area (Å²) in [5, 5.41) is 4.83. The van der Waals surface area contributed by atoms with E-state index in [1.807, 2.05) is 24.3 Å². The van der Waals surface area contributed by atoms with Gasteiger partial charge in [-0.1, -0.05) is 50.1 Å². The number of aryl methyl sites for hydroxylation is 1. The summed E-state index contributed by atoms with van der Waals surface area (Å²) in [7, 11) is 0. The van der Waals surface area contributed by atoms with Crippen molar-refractivity contribution in [2.24, 2.45) is 0 Å². The zero-order valence-electron chi connectivity index (χ0n) is 18.5. The first-order valence-corrected chi connectivity index (χ1v) is 12.0. The maximum Gasteiger partial charge on any atom is 0.173 e. The fraction of sp³-hybridized carbons (Fsp3) is 0.480. The van der Waals surface area contributed by atoms with E-state index in [4.69, 9.17) is 23.8 Å². The van der Waals surface area contributed by atoms with Crippen LogP contribution in [0.4, 0.5) is 11.4 Å². The molecule has 0 aliphatic carbocycles. The van der Waals surface area contributed by atoms with Crippen LogP contribution in [0.25, 0.3) is 0 Å². The largest absolute Gasteiger partial charge is 0.371 e. The molecule has 0 bridgehead atoms. The summed E-state index contributed by atoms with van der Waals surface area (Å²) in [6.45, 7) is 9.85. The van der Waals surface area contributed by atoms with E-state index in [1.54, 1.807) is 0 Å². The Bertz CT molecular complexity index is 854. The summed E-state index contributed by atoms with van der Waals surface area (Å²) in [5.74, 6) is 0. The van der Waals surface area contributed by atoms with Gasteiger partial charge in [0.25, 0.3) is 0 Å². The van der Waals surface area contributed by atoms with Gasteiger partial charge in [0.2, 0.25) is 0 Å². The number of anilines is 2. The van der Waals surface area contributed by atoms with E-state index in [0.717, 1.165) is 30.3 Å². The van der Waals surface area contributed by atoms with Gasteiger partial charge in [-0.05, 0) is 80.2 Å². The molecule has 2 aromatic rings. The van der Waals surface area contributed by atoms with Crippen molar-refractivity contribution >= 4 is 40.3 Å². The van der Waals surface area contributed by atoms with Crippen LogP contribution in [0.1, 0.15) is 57.6 Å². The standard InChI is InChI=1S/C25H34ClN3S/c1-4-6-14-28-15-8-9-21-16-20(12-13-24(21)28)18-29(19(3)5-2)25(30)27-23-11-7-10-22(26)17-23/h7,10-13,16-17,19H,4-6,8-9,14-15,18H2,1-3H3,(H,27,30). The molecule has 0 spiro atoms. The molecule has 1 aliphatic heterocycles. The van der Waals surface area contributed by atoms with Crippen LogP contribution < -0.4 is 10.2 Å². The predicted octanol–water partition coefficient (Wildman–Crippen LogP) is 6.89. The highest BCUT2D eigenvalue weighted by Gasteiger charge is 2.20. The second kappa shape index (κ2) is 11.0. The molecule has 1 heterocycles. The SMILES string of the molecule is CCCCN1CCCc2cc(CN(C(=S)Nc3cccc(Cl)c3)C(C)CC)ccc21. The lowest BCUT2D eigenvalue weighted by Gasteiger charge is -2.34. The molecule has 1 atom stereocenters. The van der Waals surface area contributed by atoms with Gasteiger partial charge in [-0.2, -0.15) is 0 Å². The molecule has 2 aromatic carbocycles. The lowest BCUT2D eigenvalue weighted by molar-refractivity contribution is 0.319. The average Bonchev–Trinajstić information content (AvgIpc) is 2.75. The molecule has 162 valence electrons. The Morgan fingerprint density at radius 1 is 1.23 bits per heavy atom. The van der Waals surface area contributed by atoms with E-state index >= 15 is 0 Å². The minimum atomic E-state index is 0.348. The molecule has 30 heavy (non-hydrogen) atoms. The average molecular weight is 444 g/mol. The van der Waals surface area contributed by atoms with Gasteiger partial charge >= 0.3 is 0 Å². The van der Waals surface area contributed by atoms with Gasteiger partial charge in [0.15, 0.2) is 5.11 Å². The molecule has 0 saturated carbocycles. The van der Waals surface area contributed by atoms with E-state index in [9.17, 15) is 0 Å². The molecule has 1 unspecified atom stereocenters. The minimum absolute atomic E-state index is 0.348. The van der Waals surface area contributed by atoms with E-state index in [1.165, 1.54) is 49.0 Å². The van der Waals surface area contributed by atoms with Gasteiger partial charge in [0, 0.05) is 42.1 Å². The molecular formula is C25H34ClN3S. The summed E-state index contributed by atoms with van der Waals surface area (Å²) in [5.41, 5.74) is 5.15. The number of unbranched alkanes of at least 4 members (excludes halogenated alkanes) is 1. The molecule has 1 N–H and O–H groups in total. The molecule has 0 saturated heterocycles. The third-order valence-electron chi connectivity index (χ3n) is 5.95. The Labute approximate surface area is 192 Å². The topological polar surface area (TPSA) is 18.5 Å². The van der Waals surface area contributed by atoms with Crippen molar-refractivity contribution in [2.45, 2.75) is 65.5 Å². The van der Waals surface area contributed by atoms with Crippen molar-refractivity contribution in [3.05, 3.63) is 58.6 Å². The monoisotopic (exact) mass is 443 g/mol. The quantitative estimate of drug-likeness (QED) is 0.447. The second-order valence-electron chi connectivity index (χ2n) is 8.23. The molecule has 3 nitrogen and oxygen atoms in total. The van der Waals surface area contributed by atoms with Gasteiger partial charge in [0.05, 0.1) is 0 Å². The van der Waals surface area contributed by atoms with E-state index < -0.39 is 0 Å². The fourth-order valence-electron chi connectivity index (χ4n) is 4.01.